The van der Waals surface area contributed by atoms with E-state index in [1.54, 1.807) is 13.0 Å². The number of allylic oxidation sites excluding steroid dienone is 4. The molecule has 3 N–H and O–H groups in total. The molecule has 8 atom stereocenters. The van der Waals surface area contributed by atoms with Gasteiger partial charge in [-0.2, -0.15) is 0 Å². The summed E-state index contributed by atoms with van der Waals surface area (Å²) in [5.74, 6) is -0.718. The Morgan fingerprint density at radius 3 is 2.73 bits per heavy atom. The molecule has 144 valence electrons. The Morgan fingerprint density at radius 2 is 2.04 bits per heavy atom. The normalized spacial score (nSPS) is 52.9. The van der Waals surface area contributed by atoms with E-state index in [1.165, 1.54) is 12.2 Å². The van der Waals surface area contributed by atoms with Crippen LogP contribution in [-0.4, -0.2) is 45.1 Å². The summed E-state index contributed by atoms with van der Waals surface area (Å²) in [6, 6.07) is 0. The number of ketones is 1. The zero-order valence-corrected chi connectivity index (χ0v) is 15.5. The maximum absolute atomic E-state index is 16.7. The van der Waals surface area contributed by atoms with Gasteiger partial charge in [-0.3, -0.25) is 4.79 Å². The summed E-state index contributed by atoms with van der Waals surface area (Å²) in [6.07, 6.45) is 5.82. The number of hydrogen-bond acceptors (Lipinski definition) is 4. The number of aliphatic hydroxyl groups is 3. The van der Waals surface area contributed by atoms with Crippen LogP contribution >= 0.6 is 0 Å². The van der Waals surface area contributed by atoms with E-state index < -0.39 is 22.8 Å². The third-order valence-corrected chi connectivity index (χ3v) is 8.25. The van der Waals surface area contributed by atoms with Crippen molar-refractivity contribution >= 4 is 5.78 Å². The molecule has 0 bridgehead atoms. The van der Waals surface area contributed by atoms with E-state index in [9.17, 15) is 20.1 Å². The van der Waals surface area contributed by atoms with Crippen LogP contribution in [0.2, 0.25) is 0 Å². The fourth-order valence-corrected chi connectivity index (χ4v) is 6.82. The van der Waals surface area contributed by atoms with Crippen molar-refractivity contribution in [2.45, 2.75) is 63.3 Å². The molecule has 0 aromatic carbocycles. The van der Waals surface area contributed by atoms with Crippen LogP contribution in [0.3, 0.4) is 0 Å². The second-order valence-corrected chi connectivity index (χ2v) is 9.14. The molecule has 0 aromatic heterocycles. The molecular formula is C21H29FO4. The van der Waals surface area contributed by atoms with Crippen LogP contribution in [0.1, 0.15) is 46.0 Å². The average Bonchev–Trinajstić information content (AvgIpc) is 2.82. The van der Waals surface area contributed by atoms with E-state index in [-0.39, 0.29) is 48.9 Å². The standard InChI is InChI=1S/C21H29FO4/c1-12-9-15-16-4-3-13-10-14(24)5-6-19(13,2)21(16,22)18(25)11-17(15)20(12,26)7-8-23/h5-6,10,12,15-18,23,25-26H,3-4,7-9,11H2,1-2H3/t12-,15+,16+,17?,18+,19+,20-,21+/m1/s1. The number of carbonyl (C=O) groups is 1. The van der Waals surface area contributed by atoms with Crippen LogP contribution in [0.5, 0.6) is 0 Å². The number of aliphatic hydroxyl groups excluding tert-OH is 2. The molecule has 0 radical (unpaired) electrons. The fraction of sp³-hybridized carbons (Fsp3) is 0.762. The lowest BCUT2D eigenvalue weighted by Crippen LogP contribution is -2.65. The highest BCUT2D eigenvalue weighted by Gasteiger charge is 2.70. The van der Waals surface area contributed by atoms with Gasteiger partial charge in [0.1, 0.15) is 0 Å². The average molecular weight is 364 g/mol. The van der Waals surface area contributed by atoms with Gasteiger partial charge in [-0.05, 0) is 68.9 Å². The van der Waals surface area contributed by atoms with Crippen LogP contribution in [0.15, 0.2) is 23.8 Å². The fourth-order valence-electron chi connectivity index (χ4n) is 6.82. The predicted octanol–water partition coefficient (Wildman–Crippen LogP) is 2.33. The Bertz CT molecular complexity index is 687. The van der Waals surface area contributed by atoms with Gasteiger partial charge in [0.2, 0.25) is 0 Å². The largest absolute Gasteiger partial charge is 0.396 e. The third-order valence-electron chi connectivity index (χ3n) is 8.25. The van der Waals surface area contributed by atoms with Crippen LogP contribution in [-0.2, 0) is 4.79 Å². The van der Waals surface area contributed by atoms with E-state index in [1.807, 2.05) is 6.92 Å². The lowest BCUT2D eigenvalue weighted by atomic mass is 9.48. The second-order valence-electron chi connectivity index (χ2n) is 9.14. The van der Waals surface area contributed by atoms with Crippen molar-refractivity contribution in [1.82, 2.24) is 0 Å². The lowest BCUT2D eigenvalue weighted by molar-refractivity contribution is -0.190. The van der Waals surface area contributed by atoms with Gasteiger partial charge in [0, 0.05) is 17.9 Å². The molecule has 0 heterocycles. The number of fused-ring (bicyclic) bond motifs is 5. The summed E-state index contributed by atoms with van der Waals surface area (Å²) >= 11 is 0. The summed E-state index contributed by atoms with van der Waals surface area (Å²) in [6.45, 7) is 3.66. The van der Waals surface area contributed by atoms with Gasteiger partial charge in [0.05, 0.1) is 11.7 Å². The molecule has 4 aliphatic rings. The van der Waals surface area contributed by atoms with Gasteiger partial charge in [-0.1, -0.05) is 18.6 Å². The molecule has 4 aliphatic carbocycles. The summed E-state index contributed by atoms with van der Waals surface area (Å²) < 4.78 is 16.7. The lowest BCUT2D eigenvalue weighted by Gasteiger charge is -2.59. The van der Waals surface area contributed by atoms with Crippen LogP contribution in [0, 0.1) is 29.1 Å². The molecule has 3 fully saturated rings. The highest BCUT2D eigenvalue weighted by molar-refractivity contribution is 6.01. The monoisotopic (exact) mass is 364 g/mol. The molecule has 26 heavy (non-hydrogen) atoms. The van der Waals surface area contributed by atoms with E-state index in [2.05, 4.69) is 0 Å². The van der Waals surface area contributed by atoms with Crippen molar-refractivity contribution in [3.05, 3.63) is 23.8 Å². The Labute approximate surface area is 153 Å². The van der Waals surface area contributed by atoms with E-state index in [0.717, 1.165) is 5.57 Å². The molecule has 0 aromatic rings. The van der Waals surface area contributed by atoms with Crippen molar-refractivity contribution in [2.75, 3.05) is 6.61 Å². The van der Waals surface area contributed by atoms with Gasteiger partial charge in [-0.15, -0.1) is 0 Å². The van der Waals surface area contributed by atoms with Gasteiger partial charge in [0.15, 0.2) is 11.5 Å². The molecule has 0 amide bonds. The smallest absolute Gasteiger partial charge is 0.178 e. The van der Waals surface area contributed by atoms with Crippen molar-refractivity contribution in [3.8, 4) is 0 Å². The SMILES string of the molecule is C[C@@H]1C[C@@H]2C(C[C@H](O)[C@@]3(F)[C@H]2CCC2=CC(=O)C=C[C@@]23C)[C@@]1(O)CCO. The molecule has 0 spiro atoms. The minimum Gasteiger partial charge on any atom is -0.396 e. The van der Waals surface area contributed by atoms with Crippen molar-refractivity contribution in [3.63, 3.8) is 0 Å². The van der Waals surface area contributed by atoms with Gasteiger partial charge < -0.3 is 15.3 Å². The Kier molecular flexibility index (Phi) is 4.04. The predicted molar refractivity (Wildman–Crippen MR) is 94.9 cm³/mol. The number of hydrogen-bond donors (Lipinski definition) is 3. The minimum atomic E-state index is -1.83. The molecule has 3 saturated carbocycles. The molecule has 0 saturated heterocycles. The molecular weight excluding hydrogens is 335 g/mol. The van der Waals surface area contributed by atoms with Crippen molar-refractivity contribution in [1.29, 1.82) is 0 Å². The van der Waals surface area contributed by atoms with E-state index in [0.29, 0.717) is 19.3 Å². The van der Waals surface area contributed by atoms with Crippen LogP contribution in [0.25, 0.3) is 0 Å². The molecule has 1 unspecified atom stereocenters. The number of carbonyl (C=O) groups excluding carboxylic acids is 1. The zero-order valence-electron chi connectivity index (χ0n) is 15.5. The number of halogens is 1. The quantitative estimate of drug-likeness (QED) is 0.703. The summed E-state index contributed by atoms with van der Waals surface area (Å²) in [5.41, 5.74) is -3.08. The number of rotatable bonds is 2. The van der Waals surface area contributed by atoms with Crippen molar-refractivity contribution < 1.29 is 24.5 Å². The molecule has 4 rings (SSSR count). The Morgan fingerprint density at radius 1 is 1.31 bits per heavy atom. The van der Waals surface area contributed by atoms with Crippen LogP contribution < -0.4 is 0 Å². The maximum Gasteiger partial charge on any atom is 0.178 e. The van der Waals surface area contributed by atoms with E-state index >= 15 is 4.39 Å². The number of alkyl halides is 1. The van der Waals surface area contributed by atoms with Crippen LogP contribution in [0.4, 0.5) is 4.39 Å². The first kappa shape index (κ1) is 18.3. The molecule has 5 heteroatoms. The Hall–Kier alpha value is -1.04. The first-order chi connectivity index (χ1) is 12.2. The summed E-state index contributed by atoms with van der Waals surface area (Å²) in [5, 5.41) is 31.6. The van der Waals surface area contributed by atoms with Gasteiger partial charge >= 0.3 is 0 Å². The van der Waals surface area contributed by atoms with Gasteiger partial charge in [0.25, 0.3) is 0 Å². The van der Waals surface area contributed by atoms with E-state index in [4.69, 9.17) is 0 Å². The highest BCUT2D eigenvalue weighted by atomic mass is 19.1. The third kappa shape index (κ3) is 2.08. The Balaban J connectivity index is 1.76. The van der Waals surface area contributed by atoms with Crippen molar-refractivity contribution in [2.24, 2.45) is 29.1 Å². The first-order valence-electron chi connectivity index (χ1n) is 9.83. The summed E-state index contributed by atoms with van der Waals surface area (Å²) in [7, 11) is 0. The second kappa shape index (κ2) is 5.73. The maximum atomic E-state index is 16.7. The minimum absolute atomic E-state index is 0.0145. The van der Waals surface area contributed by atoms with Gasteiger partial charge in [-0.25, -0.2) is 4.39 Å². The summed E-state index contributed by atoms with van der Waals surface area (Å²) in [4.78, 5) is 11.8. The topological polar surface area (TPSA) is 77.8 Å². The molecule has 4 nitrogen and oxygen atoms in total. The first-order valence-corrected chi connectivity index (χ1v) is 9.83. The zero-order chi connectivity index (χ0) is 18.9. The molecule has 0 aliphatic heterocycles. The highest BCUT2D eigenvalue weighted by Crippen LogP contribution is 2.66.